The lowest BCUT2D eigenvalue weighted by Gasteiger charge is -2.26. The summed E-state index contributed by atoms with van der Waals surface area (Å²) in [5.41, 5.74) is 3.77. The van der Waals surface area contributed by atoms with Crippen molar-refractivity contribution in [3.8, 4) is 0 Å². The summed E-state index contributed by atoms with van der Waals surface area (Å²) < 4.78 is 31.9. The molecule has 0 radical (unpaired) electrons. The number of hydrogen-bond acceptors (Lipinski definition) is 8. The monoisotopic (exact) mass is 405 g/mol. The van der Waals surface area contributed by atoms with Crippen molar-refractivity contribution in [1.29, 1.82) is 0 Å². The number of anilines is 1. The van der Waals surface area contributed by atoms with Gasteiger partial charge in [-0.1, -0.05) is 0 Å². The Morgan fingerprint density at radius 2 is 1.93 bits per heavy atom. The topological polar surface area (TPSA) is 127 Å². The highest BCUT2D eigenvalue weighted by atomic mass is 32.2. The van der Waals surface area contributed by atoms with E-state index in [0.717, 1.165) is 11.6 Å². The molecule has 1 saturated heterocycles. The molecule has 1 aromatic heterocycles. The van der Waals surface area contributed by atoms with Crippen molar-refractivity contribution < 1.29 is 18.1 Å². The molecule has 1 aliphatic rings. The van der Waals surface area contributed by atoms with E-state index in [1.807, 2.05) is 0 Å². The molecule has 0 unspecified atom stereocenters. The van der Waals surface area contributed by atoms with E-state index in [9.17, 15) is 18.5 Å². The first-order chi connectivity index (χ1) is 13.4. The van der Waals surface area contributed by atoms with Gasteiger partial charge in [-0.25, -0.2) is 8.42 Å². The molecule has 0 atom stereocenters. The maximum absolute atomic E-state index is 12.7. The van der Waals surface area contributed by atoms with Crippen molar-refractivity contribution in [1.82, 2.24) is 9.29 Å². The van der Waals surface area contributed by atoms with Crippen LogP contribution in [0.5, 0.6) is 0 Å². The molecule has 1 aliphatic heterocycles. The van der Waals surface area contributed by atoms with Gasteiger partial charge in [0.05, 0.1) is 28.7 Å². The molecular weight excluding hydrogens is 386 g/mol. The molecule has 0 spiro atoms. The zero-order chi connectivity index (χ0) is 20.1. The van der Waals surface area contributed by atoms with Gasteiger partial charge in [-0.2, -0.15) is 9.41 Å². The molecule has 0 amide bonds. The van der Waals surface area contributed by atoms with Gasteiger partial charge in [0.25, 0.3) is 5.69 Å². The average molecular weight is 405 g/mol. The Hall–Kier alpha value is -2.89. The van der Waals surface area contributed by atoms with Gasteiger partial charge in [-0.15, -0.1) is 0 Å². The van der Waals surface area contributed by atoms with Crippen LogP contribution in [0.25, 0.3) is 0 Å². The Bertz CT molecular complexity index is 988. The highest BCUT2D eigenvalue weighted by Crippen LogP contribution is 2.29. The van der Waals surface area contributed by atoms with Gasteiger partial charge in [0.1, 0.15) is 5.69 Å². The van der Waals surface area contributed by atoms with Gasteiger partial charge >= 0.3 is 0 Å². The first-order valence-corrected chi connectivity index (χ1v) is 9.90. The molecule has 3 rings (SSSR count). The van der Waals surface area contributed by atoms with E-state index in [4.69, 9.17) is 4.74 Å². The summed E-state index contributed by atoms with van der Waals surface area (Å²) in [6.07, 6.45) is 3.23. The van der Waals surface area contributed by atoms with Crippen molar-refractivity contribution in [2.45, 2.75) is 11.8 Å². The van der Waals surface area contributed by atoms with Gasteiger partial charge in [-0.05, 0) is 31.2 Å². The predicted molar refractivity (Wildman–Crippen MR) is 103 cm³/mol. The summed E-state index contributed by atoms with van der Waals surface area (Å²) in [5, 5.41) is 15.6. The van der Waals surface area contributed by atoms with Crippen LogP contribution in [0, 0.1) is 10.1 Å². The van der Waals surface area contributed by atoms with Gasteiger partial charge in [0, 0.05) is 37.1 Å². The Kier molecular flexibility index (Phi) is 5.97. The van der Waals surface area contributed by atoms with Crippen LogP contribution in [-0.2, 0) is 14.8 Å². The van der Waals surface area contributed by atoms with Gasteiger partial charge < -0.3 is 4.74 Å². The quantitative estimate of drug-likeness (QED) is 0.441. The van der Waals surface area contributed by atoms with E-state index >= 15 is 0 Å². The van der Waals surface area contributed by atoms with E-state index < -0.39 is 14.9 Å². The van der Waals surface area contributed by atoms with E-state index in [2.05, 4.69) is 15.5 Å². The Morgan fingerprint density at radius 1 is 1.25 bits per heavy atom. The molecule has 11 heteroatoms. The fourth-order valence-electron chi connectivity index (χ4n) is 2.66. The van der Waals surface area contributed by atoms with Crippen LogP contribution < -0.4 is 5.43 Å². The van der Waals surface area contributed by atoms with Crippen molar-refractivity contribution in [2.24, 2.45) is 5.10 Å². The molecule has 2 heterocycles. The number of rotatable bonds is 6. The number of sulfonamides is 1. The van der Waals surface area contributed by atoms with E-state index in [1.54, 1.807) is 31.5 Å². The average Bonchev–Trinajstić information content (AvgIpc) is 2.73. The number of nitro groups is 1. The molecular formula is C17H19N5O5S. The minimum atomic E-state index is -3.83. The number of nitro benzene ring substituents is 1. The lowest BCUT2D eigenvalue weighted by atomic mass is 10.2. The van der Waals surface area contributed by atoms with Gasteiger partial charge in [-0.3, -0.25) is 20.5 Å². The lowest BCUT2D eigenvalue weighted by molar-refractivity contribution is -0.384. The van der Waals surface area contributed by atoms with Gasteiger partial charge in [0.15, 0.2) is 0 Å². The number of nitrogens with one attached hydrogen (secondary N) is 1. The SMILES string of the molecule is CC(=NNc1ccc(S(=O)(=O)N2CCOCC2)cc1[N+](=O)[O-])c1ccncc1. The van der Waals surface area contributed by atoms with E-state index in [-0.39, 0.29) is 29.4 Å². The number of pyridine rings is 1. The minimum Gasteiger partial charge on any atom is -0.379 e. The molecule has 148 valence electrons. The number of aromatic nitrogens is 1. The number of hydrogen-bond donors (Lipinski definition) is 1. The molecule has 10 nitrogen and oxygen atoms in total. The predicted octanol–water partition coefficient (Wildman–Crippen LogP) is 1.85. The zero-order valence-corrected chi connectivity index (χ0v) is 15.9. The second-order valence-electron chi connectivity index (χ2n) is 6.00. The molecule has 0 saturated carbocycles. The third-order valence-electron chi connectivity index (χ3n) is 4.22. The number of nitrogens with zero attached hydrogens (tertiary/aromatic N) is 4. The van der Waals surface area contributed by atoms with Crippen LogP contribution in [0.3, 0.4) is 0 Å². The number of morpholine rings is 1. The molecule has 1 N–H and O–H groups in total. The Labute approximate surface area is 162 Å². The molecule has 0 aliphatic carbocycles. The van der Waals surface area contributed by atoms with Crippen LogP contribution >= 0.6 is 0 Å². The Morgan fingerprint density at radius 3 is 2.57 bits per heavy atom. The maximum Gasteiger partial charge on any atom is 0.295 e. The zero-order valence-electron chi connectivity index (χ0n) is 15.1. The first kappa shape index (κ1) is 19.9. The third kappa shape index (κ3) is 4.32. The summed E-state index contributed by atoms with van der Waals surface area (Å²) in [4.78, 5) is 14.6. The normalized spacial score (nSPS) is 16.0. The van der Waals surface area contributed by atoms with Crippen LogP contribution in [0.2, 0.25) is 0 Å². The van der Waals surface area contributed by atoms with Crippen molar-refractivity contribution in [3.05, 3.63) is 58.4 Å². The molecule has 2 aromatic rings. The fraction of sp³-hybridized carbons (Fsp3) is 0.294. The van der Waals surface area contributed by atoms with Crippen LogP contribution in [0.15, 0.2) is 52.7 Å². The number of benzene rings is 1. The van der Waals surface area contributed by atoms with Crippen LogP contribution in [-0.4, -0.2) is 54.6 Å². The number of ether oxygens (including phenoxy) is 1. The minimum absolute atomic E-state index is 0.0966. The summed E-state index contributed by atoms with van der Waals surface area (Å²) in [6.45, 7) is 2.76. The van der Waals surface area contributed by atoms with Crippen LogP contribution in [0.1, 0.15) is 12.5 Å². The van der Waals surface area contributed by atoms with Crippen molar-refractivity contribution in [3.63, 3.8) is 0 Å². The second-order valence-corrected chi connectivity index (χ2v) is 7.94. The molecule has 1 aromatic carbocycles. The summed E-state index contributed by atoms with van der Waals surface area (Å²) >= 11 is 0. The Balaban J connectivity index is 1.88. The highest BCUT2D eigenvalue weighted by molar-refractivity contribution is 7.89. The summed E-state index contributed by atoms with van der Waals surface area (Å²) in [5.74, 6) is 0. The largest absolute Gasteiger partial charge is 0.379 e. The van der Waals surface area contributed by atoms with Crippen molar-refractivity contribution in [2.75, 3.05) is 31.7 Å². The van der Waals surface area contributed by atoms with Crippen LogP contribution in [0.4, 0.5) is 11.4 Å². The van der Waals surface area contributed by atoms with Gasteiger partial charge in [0.2, 0.25) is 10.0 Å². The molecule has 0 bridgehead atoms. The highest BCUT2D eigenvalue weighted by Gasteiger charge is 2.28. The fourth-order valence-corrected chi connectivity index (χ4v) is 4.08. The standard InChI is InChI=1S/C17H19N5O5S/c1-13(14-4-6-18-7-5-14)19-20-16-3-2-15(12-17(16)22(23)24)28(25,26)21-8-10-27-11-9-21/h2-7,12,20H,8-11H2,1H3. The smallest absolute Gasteiger partial charge is 0.295 e. The molecule has 1 fully saturated rings. The lowest BCUT2D eigenvalue weighted by Crippen LogP contribution is -2.40. The van der Waals surface area contributed by atoms with E-state index in [1.165, 1.54) is 16.4 Å². The summed E-state index contributed by atoms with van der Waals surface area (Å²) in [7, 11) is -3.83. The third-order valence-corrected chi connectivity index (χ3v) is 6.11. The maximum atomic E-state index is 12.7. The second kappa shape index (κ2) is 8.42. The summed E-state index contributed by atoms with van der Waals surface area (Å²) in [6, 6.07) is 7.23. The molecule has 28 heavy (non-hydrogen) atoms. The van der Waals surface area contributed by atoms with E-state index in [0.29, 0.717) is 18.9 Å². The first-order valence-electron chi connectivity index (χ1n) is 8.46. The van der Waals surface area contributed by atoms with Crippen molar-refractivity contribution >= 4 is 27.1 Å². The number of hydrazone groups is 1.